The number of aryl methyl sites for hydroxylation is 1. The molecule has 3 aromatic rings. The molecule has 0 spiro atoms. The lowest BCUT2D eigenvalue weighted by Crippen LogP contribution is -2.07. The number of aromatic nitrogens is 4. The summed E-state index contributed by atoms with van der Waals surface area (Å²) < 4.78 is 6.01. The molecule has 2 heterocycles. The van der Waals surface area contributed by atoms with Crippen LogP contribution in [0.3, 0.4) is 0 Å². The number of nitrogens with zero attached hydrogens (tertiary/aromatic N) is 3. The SMILES string of the molecule is CCCCCCOc1cc(C)ccc1CNc1ncc2[nH]ncc2n1. The van der Waals surface area contributed by atoms with Gasteiger partial charge in [-0.15, -0.1) is 0 Å². The number of unbranched alkanes of at least 4 members (excludes halogenated alkanes) is 3. The van der Waals surface area contributed by atoms with Crippen molar-refractivity contribution in [3.8, 4) is 5.75 Å². The maximum atomic E-state index is 6.01. The van der Waals surface area contributed by atoms with Crippen LogP contribution in [0.1, 0.15) is 43.7 Å². The highest BCUT2D eigenvalue weighted by molar-refractivity contribution is 5.73. The zero-order chi connectivity index (χ0) is 17.5. The van der Waals surface area contributed by atoms with E-state index in [0.717, 1.165) is 35.4 Å². The van der Waals surface area contributed by atoms with E-state index in [2.05, 4.69) is 57.5 Å². The molecule has 0 saturated carbocycles. The van der Waals surface area contributed by atoms with Crippen LogP contribution < -0.4 is 10.1 Å². The van der Waals surface area contributed by atoms with Crippen molar-refractivity contribution < 1.29 is 4.74 Å². The van der Waals surface area contributed by atoms with Crippen LogP contribution in [0.25, 0.3) is 11.0 Å². The van der Waals surface area contributed by atoms with Crippen LogP contribution in [-0.2, 0) is 6.54 Å². The van der Waals surface area contributed by atoms with Gasteiger partial charge in [-0.1, -0.05) is 38.3 Å². The monoisotopic (exact) mass is 339 g/mol. The van der Waals surface area contributed by atoms with Gasteiger partial charge in [0.25, 0.3) is 0 Å². The summed E-state index contributed by atoms with van der Waals surface area (Å²) in [5, 5.41) is 10.1. The smallest absolute Gasteiger partial charge is 0.223 e. The van der Waals surface area contributed by atoms with E-state index in [9.17, 15) is 0 Å². The molecule has 0 atom stereocenters. The number of benzene rings is 1. The van der Waals surface area contributed by atoms with Gasteiger partial charge in [0.1, 0.15) is 16.8 Å². The maximum Gasteiger partial charge on any atom is 0.223 e. The number of hydrogen-bond acceptors (Lipinski definition) is 5. The first kappa shape index (κ1) is 17.2. The predicted octanol–water partition coefficient (Wildman–Crippen LogP) is 4.23. The molecule has 132 valence electrons. The van der Waals surface area contributed by atoms with E-state index in [1.165, 1.54) is 24.8 Å². The highest BCUT2D eigenvalue weighted by Crippen LogP contribution is 2.22. The average Bonchev–Trinajstić information content (AvgIpc) is 3.08. The van der Waals surface area contributed by atoms with Gasteiger partial charge in [0.15, 0.2) is 0 Å². The molecule has 0 aliphatic heterocycles. The average molecular weight is 339 g/mol. The van der Waals surface area contributed by atoms with E-state index in [1.807, 2.05) is 0 Å². The van der Waals surface area contributed by atoms with Crippen molar-refractivity contribution in [1.82, 2.24) is 20.2 Å². The van der Waals surface area contributed by atoms with Gasteiger partial charge >= 0.3 is 0 Å². The van der Waals surface area contributed by atoms with Gasteiger partial charge in [-0.25, -0.2) is 9.97 Å². The van der Waals surface area contributed by atoms with Gasteiger partial charge in [-0.05, 0) is 25.0 Å². The van der Waals surface area contributed by atoms with Crippen LogP contribution in [0.4, 0.5) is 5.95 Å². The second-order valence-electron chi connectivity index (χ2n) is 6.24. The van der Waals surface area contributed by atoms with Crippen molar-refractivity contribution in [3.05, 3.63) is 41.7 Å². The van der Waals surface area contributed by atoms with E-state index in [4.69, 9.17) is 4.74 Å². The van der Waals surface area contributed by atoms with Gasteiger partial charge in [0, 0.05) is 12.1 Å². The molecule has 0 amide bonds. The second kappa shape index (κ2) is 8.46. The largest absolute Gasteiger partial charge is 0.493 e. The molecule has 6 nitrogen and oxygen atoms in total. The molecular weight excluding hydrogens is 314 g/mol. The molecule has 3 rings (SSSR count). The van der Waals surface area contributed by atoms with Crippen molar-refractivity contribution in [3.63, 3.8) is 0 Å². The lowest BCUT2D eigenvalue weighted by molar-refractivity contribution is 0.302. The van der Waals surface area contributed by atoms with Crippen LogP contribution in [0, 0.1) is 6.92 Å². The summed E-state index contributed by atoms with van der Waals surface area (Å²) in [4.78, 5) is 8.74. The minimum Gasteiger partial charge on any atom is -0.493 e. The summed E-state index contributed by atoms with van der Waals surface area (Å²) in [5.41, 5.74) is 3.94. The molecular formula is C19H25N5O. The summed E-state index contributed by atoms with van der Waals surface area (Å²) in [7, 11) is 0. The Morgan fingerprint density at radius 3 is 2.96 bits per heavy atom. The number of nitrogens with one attached hydrogen (secondary N) is 2. The van der Waals surface area contributed by atoms with Crippen molar-refractivity contribution >= 4 is 17.0 Å². The molecule has 0 unspecified atom stereocenters. The van der Waals surface area contributed by atoms with Crippen LogP contribution in [-0.4, -0.2) is 26.8 Å². The molecule has 0 aliphatic carbocycles. The second-order valence-corrected chi connectivity index (χ2v) is 6.24. The normalized spacial score (nSPS) is 11.0. The van der Waals surface area contributed by atoms with Gasteiger partial charge < -0.3 is 10.1 Å². The van der Waals surface area contributed by atoms with Crippen molar-refractivity contribution in [2.75, 3.05) is 11.9 Å². The van der Waals surface area contributed by atoms with Crippen LogP contribution in [0.5, 0.6) is 5.75 Å². The Bertz CT molecular complexity index is 814. The molecule has 25 heavy (non-hydrogen) atoms. The number of fused-ring (bicyclic) bond motifs is 1. The number of aromatic amines is 1. The fourth-order valence-corrected chi connectivity index (χ4v) is 2.66. The minimum absolute atomic E-state index is 0.586. The molecule has 0 bridgehead atoms. The number of rotatable bonds is 9. The zero-order valence-corrected chi connectivity index (χ0v) is 14.9. The summed E-state index contributed by atoms with van der Waals surface area (Å²) >= 11 is 0. The van der Waals surface area contributed by atoms with Crippen molar-refractivity contribution in [2.24, 2.45) is 0 Å². The molecule has 6 heteroatoms. The Kier molecular flexibility index (Phi) is 5.82. The number of anilines is 1. The van der Waals surface area contributed by atoms with E-state index in [0.29, 0.717) is 12.5 Å². The summed E-state index contributed by atoms with van der Waals surface area (Å²) in [6, 6.07) is 6.29. The Labute approximate surface area is 148 Å². The fourth-order valence-electron chi connectivity index (χ4n) is 2.66. The Balaban J connectivity index is 1.62. The molecule has 1 aromatic carbocycles. The Hall–Kier alpha value is -2.63. The number of ether oxygens (including phenoxy) is 1. The third kappa shape index (κ3) is 4.68. The van der Waals surface area contributed by atoms with Gasteiger partial charge in [-0.2, -0.15) is 5.10 Å². The lowest BCUT2D eigenvalue weighted by Gasteiger charge is -2.13. The predicted molar refractivity (Wildman–Crippen MR) is 99.8 cm³/mol. The van der Waals surface area contributed by atoms with E-state index in [1.54, 1.807) is 12.4 Å². The van der Waals surface area contributed by atoms with Crippen LogP contribution in [0.15, 0.2) is 30.6 Å². The molecule has 2 N–H and O–H groups in total. The summed E-state index contributed by atoms with van der Waals surface area (Å²) in [5.74, 6) is 1.52. The van der Waals surface area contributed by atoms with E-state index < -0.39 is 0 Å². The first-order chi connectivity index (χ1) is 12.3. The first-order valence-electron chi connectivity index (χ1n) is 8.88. The first-order valence-corrected chi connectivity index (χ1v) is 8.88. The molecule has 0 fully saturated rings. The Morgan fingerprint density at radius 2 is 2.08 bits per heavy atom. The fraction of sp³-hybridized carbons (Fsp3) is 0.421. The Morgan fingerprint density at radius 1 is 1.16 bits per heavy atom. The standard InChI is InChI=1S/C19H25N5O/c1-3-4-5-6-9-25-18-10-14(2)7-8-15(18)11-20-19-21-12-17-16(23-19)13-22-24-17/h7-8,10,12-13H,3-6,9,11H2,1-2H3,(H,22,24)(H,20,21,23). The zero-order valence-electron chi connectivity index (χ0n) is 14.9. The third-order valence-corrected chi connectivity index (χ3v) is 4.11. The number of hydrogen-bond donors (Lipinski definition) is 2. The lowest BCUT2D eigenvalue weighted by atomic mass is 10.1. The number of H-pyrrole nitrogens is 1. The molecule has 0 saturated heterocycles. The van der Waals surface area contributed by atoms with Gasteiger partial charge in [0.2, 0.25) is 5.95 Å². The van der Waals surface area contributed by atoms with Gasteiger partial charge in [0.05, 0.1) is 19.0 Å². The highest BCUT2D eigenvalue weighted by atomic mass is 16.5. The van der Waals surface area contributed by atoms with Gasteiger partial charge in [-0.3, -0.25) is 5.10 Å². The molecule has 0 radical (unpaired) electrons. The van der Waals surface area contributed by atoms with E-state index >= 15 is 0 Å². The summed E-state index contributed by atoms with van der Waals surface area (Å²) in [6.07, 6.45) is 8.24. The minimum atomic E-state index is 0.586. The van der Waals surface area contributed by atoms with Crippen molar-refractivity contribution in [1.29, 1.82) is 0 Å². The van der Waals surface area contributed by atoms with E-state index in [-0.39, 0.29) is 0 Å². The maximum absolute atomic E-state index is 6.01. The third-order valence-electron chi connectivity index (χ3n) is 4.11. The molecule has 0 aliphatic rings. The quantitative estimate of drug-likeness (QED) is 0.571. The van der Waals surface area contributed by atoms with Crippen LogP contribution in [0.2, 0.25) is 0 Å². The van der Waals surface area contributed by atoms with Crippen LogP contribution >= 0.6 is 0 Å². The topological polar surface area (TPSA) is 75.7 Å². The van der Waals surface area contributed by atoms with Crippen molar-refractivity contribution in [2.45, 2.75) is 46.1 Å². The highest BCUT2D eigenvalue weighted by Gasteiger charge is 2.06. The summed E-state index contributed by atoms with van der Waals surface area (Å²) in [6.45, 7) is 5.67. The molecule has 2 aromatic heterocycles.